The van der Waals surface area contributed by atoms with Crippen LogP contribution in [0.4, 0.5) is 0 Å². The highest BCUT2D eigenvalue weighted by atomic mass is 35.5. The smallest absolute Gasteiger partial charge is 0.239 e. The third-order valence-electron chi connectivity index (χ3n) is 3.24. The lowest BCUT2D eigenvalue weighted by molar-refractivity contribution is -0.128. The standard InChI is InChI=1S/C13H17ClN2O2/c1-16-7-6-11(13(16)18)15-8-12(17)9-2-4-10(14)5-3-9/h2-5,11-12,15,17H,6-8H2,1H3. The van der Waals surface area contributed by atoms with Crippen LogP contribution < -0.4 is 5.32 Å². The predicted octanol–water partition coefficient (Wildman–Crippen LogP) is 1.19. The molecule has 18 heavy (non-hydrogen) atoms. The van der Waals surface area contributed by atoms with Crippen molar-refractivity contribution >= 4 is 17.5 Å². The molecule has 1 aliphatic heterocycles. The second kappa shape index (κ2) is 5.69. The fourth-order valence-electron chi connectivity index (χ4n) is 2.07. The molecule has 2 rings (SSSR count). The van der Waals surface area contributed by atoms with E-state index >= 15 is 0 Å². The monoisotopic (exact) mass is 268 g/mol. The van der Waals surface area contributed by atoms with Gasteiger partial charge in [-0.25, -0.2) is 0 Å². The summed E-state index contributed by atoms with van der Waals surface area (Å²) < 4.78 is 0. The van der Waals surface area contributed by atoms with Crippen LogP contribution in [0.25, 0.3) is 0 Å². The van der Waals surface area contributed by atoms with Crippen molar-refractivity contribution in [3.8, 4) is 0 Å². The van der Waals surface area contributed by atoms with Crippen molar-refractivity contribution in [2.75, 3.05) is 20.1 Å². The van der Waals surface area contributed by atoms with Gasteiger partial charge in [-0.3, -0.25) is 4.79 Å². The van der Waals surface area contributed by atoms with Gasteiger partial charge in [0.15, 0.2) is 0 Å². The summed E-state index contributed by atoms with van der Waals surface area (Å²) in [5, 5.41) is 13.7. The SMILES string of the molecule is CN1CCC(NCC(O)c2ccc(Cl)cc2)C1=O. The maximum absolute atomic E-state index is 11.7. The molecule has 0 radical (unpaired) electrons. The molecule has 4 nitrogen and oxygen atoms in total. The summed E-state index contributed by atoms with van der Waals surface area (Å²) in [5.74, 6) is 0.0957. The second-order valence-electron chi connectivity index (χ2n) is 4.58. The Hall–Kier alpha value is -1.10. The van der Waals surface area contributed by atoms with Crippen LogP contribution in [0.2, 0.25) is 5.02 Å². The number of likely N-dealkylation sites (tertiary alicyclic amines) is 1. The molecule has 0 saturated carbocycles. The molecule has 1 heterocycles. The molecule has 2 N–H and O–H groups in total. The minimum absolute atomic E-state index is 0.0957. The fraction of sp³-hybridized carbons (Fsp3) is 0.462. The summed E-state index contributed by atoms with van der Waals surface area (Å²) in [7, 11) is 1.79. The van der Waals surface area contributed by atoms with E-state index in [-0.39, 0.29) is 11.9 Å². The first-order valence-corrected chi connectivity index (χ1v) is 6.37. The number of likely N-dealkylation sites (N-methyl/N-ethyl adjacent to an activating group) is 1. The van der Waals surface area contributed by atoms with E-state index in [1.165, 1.54) is 0 Å². The van der Waals surface area contributed by atoms with Crippen LogP contribution in [0.3, 0.4) is 0 Å². The lowest BCUT2D eigenvalue weighted by Gasteiger charge is -2.16. The van der Waals surface area contributed by atoms with Gasteiger partial charge < -0.3 is 15.3 Å². The van der Waals surface area contributed by atoms with Gasteiger partial charge in [-0.05, 0) is 24.1 Å². The molecule has 0 aliphatic carbocycles. The van der Waals surface area contributed by atoms with Crippen molar-refractivity contribution in [1.82, 2.24) is 10.2 Å². The summed E-state index contributed by atoms with van der Waals surface area (Å²) in [6, 6.07) is 6.90. The van der Waals surface area contributed by atoms with E-state index in [0.717, 1.165) is 18.5 Å². The molecule has 5 heteroatoms. The van der Waals surface area contributed by atoms with E-state index in [1.807, 2.05) is 0 Å². The molecule has 1 aromatic rings. The summed E-state index contributed by atoms with van der Waals surface area (Å²) in [6.07, 6.45) is 0.170. The molecule has 2 unspecified atom stereocenters. The third-order valence-corrected chi connectivity index (χ3v) is 3.49. The molecule has 2 atom stereocenters. The number of amides is 1. The van der Waals surface area contributed by atoms with Crippen LogP contribution in [0.5, 0.6) is 0 Å². The molecule has 1 fully saturated rings. The Balaban J connectivity index is 1.87. The minimum Gasteiger partial charge on any atom is -0.387 e. The number of aliphatic hydroxyl groups is 1. The van der Waals surface area contributed by atoms with E-state index in [0.29, 0.717) is 11.6 Å². The zero-order valence-corrected chi connectivity index (χ0v) is 11.0. The molecular weight excluding hydrogens is 252 g/mol. The van der Waals surface area contributed by atoms with Crippen molar-refractivity contribution in [3.05, 3.63) is 34.9 Å². The largest absolute Gasteiger partial charge is 0.387 e. The Kier molecular flexibility index (Phi) is 4.22. The van der Waals surface area contributed by atoms with Crippen LogP contribution in [0, 0.1) is 0 Å². The van der Waals surface area contributed by atoms with Crippen molar-refractivity contribution in [1.29, 1.82) is 0 Å². The van der Waals surface area contributed by atoms with E-state index < -0.39 is 6.10 Å². The summed E-state index contributed by atoms with van der Waals surface area (Å²) in [5.41, 5.74) is 0.797. The Morgan fingerprint density at radius 2 is 2.17 bits per heavy atom. The number of halogens is 1. The Bertz CT molecular complexity index is 422. The van der Waals surface area contributed by atoms with Gasteiger partial charge in [-0.2, -0.15) is 0 Å². The molecule has 1 amide bonds. The number of benzene rings is 1. The number of carbonyl (C=O) groups excluding carboxylic acids is 1. The van der Waals surface area contributed by atoms with Gasteiger partial charge in [0.05, 0.1) is 12.1 Å². The highest BCUT2D eigenvalue weighted by Gasteiger charge is 2.28. The minimum atomic E-state index is -0.624. The maximum atomic E-state index is 11.7. The summed E-state index contributed by atoms with van der Waals surface area (Å²) >= 11 is 5.78. The van der Waals surface area contributed by atoms with Gasteiger partial charge in [-0.1, -0.05) is 23.7 Å². The molecule has 0 bridgehead atoms. The van der Waals surface area contributed by atoms with Crippen molar-refractivity contribution < 1.29 is 9.90 Å². The highest BCUT2D eigenvalue weighted by molar-refractivity contribution is 6.30. The average molecular weight is 269 g/mol. The number of carbonyl (C=O) groups is 1. The number of aliphatic hydroxyl groups excluding tert-OH is 1. The first-order valence-electron chi connectivity index (χ1n) is 6.00. The van der Waals surface area contributed by atoms with Crippen molar-refractivity contribution in [3.63, 3.8) is 0 Å². The zero-order valence-electron chi connectivity index (χ0n) is 10.3. The summed E-state index contributed by atoms with van der Waals surface area (Å²) in [4.78, 5) is 13.4. The first-order chi connectivity index (χ1) is 8.58. The molecule has 0 spiro atoms. The van der Waals surface area contributed by atoms with Crippen LogP contribution >= 0.6 is 11.6 Å². The molecular formula is C13H17ClN2O2. The van der Waals surface area contributed by atoms with Crippen LogP contribution in [0.1, 0.15) is 18.1 Å². The van der Waals surface area contributed by atoms with Gasteiger partial charge in [0, 0.05) is 25.2 Å². The van der Waals surface area contributed by atoms with Crippen molar-refractivity contribution in [2.24, 2.45) is 0 Å². The quantitative estimate of drug-likeness (QED) is 0.863. The topological polar surface area (TPSA) is 52.6 Å². The summed E-state index contributed by atoms with van der Waals surface area (Å²) in [6.45, 7) is 1.14. The number of rotatable bonds is 4. The normalized spacial score (nSPS) is 21.4. The lowest BCUT2D eigenvalue weighted by Crippen LogP contribution is -2.38. The van der Waals surface area contributed by atoms with Crippen LogP contribution in [0.15, 0.2) is 24.3 Å². The number of hydrogen-bond donors (Lipinski definition) is 2. The molecule has 98 valence electrons. The van der Waals surface area contributed by atoms with Crippen LogP contribution in [-0.4, -0.2) is 42.1 Å². The van der Waals surface area contributed by atoms with E-state index in [1.54, 1.807) is 36.2 Å². The highest BCUT2D eigenvalue weighted by Crippen LogP contribution is 2.16. The Morgan fingerprint density at radius 3 is 2.72 bits per heavy atom. The zero-order chi connectivity index (χ0) is 13.1. The predicted molar refractivity (Wildman–Crippen MR) is 70.5 cm³/mol. The van der Waals surface area contributed by atoms with Gasteiger partial charge >= 0.3 is 0 Å². The molecule has 1 aromatic carbocycles. The van der Waals surface area contributed by atoms with Crippen molar-refractivity contribution in [2.45, 2.75) is 18.6 Å². The second-order valence-corrected chi connectivity index (χ2v) is 5.01. The van der Waals surface area contributed by atoms with Gasteiger partial charge in [0.25, 0.3) is 0 Å². The Labute approximate surface area is 112 Å². The average Bonchev–Trinajstić information content (AvgIpc) is 2.68. The van der Waals surface area contributed by atoms with Crippen LogP contribution in [-0.2, 0) is 4.79 Å². The van der Waals surface area contributed by atoms with E-state index in [2.05, 4.69) is 5.32 Å². The molecule has 0 aromatic heterocycles. The van der Waals surface area contributed by atoms with Gasteiger partial charge in [0.1, 0.15) is 0 Å². The maximum Gasteiger partial charge on any atom is 0.239 e. The lowest BCUT2D eigenvalue weighted by atomic mass is 10.1. The fourth-order valence-corrected chi connectivity index (χ4v) is 2.19. The Morgan fingerprint density at radius 1 is 1.50 bits per heavy atom. The number of hydrogen-bond acceptors (Lipinski definition) is 3. The number of nitrogens with one attached hydrogen (secondary N) is 1. The third kappa shape index (κ3) is 3.02. The molecule has 1 saturated heterocycles. The van der Waals surface area contributed by atoms with E-state index in [9.17, 15) is 9.90 Å². The van der Waals surface area contributed by atoms with Gasteiger partial charge in [0.2, 0.25) is 5.91 Å². The van der Waals surface area contributed by atoms with Gasteiger partial charge in [-0.15, -0.1) is 0 Å². The first kappa shape index (κ1) is 13.3. The van der Waals surface area contributed by atoms with E-state index in [4.69, 9.17) is 11.6 Å². The molecule has 1 aliphatic rings. The number of nitrogens with zero attached hydrogens (tertiary/aromatic N) is 1.